The third-order valence-electron chi connectivity index (χ3n) is 4.22. The molecule has 0 radical (unpaired) electrons. The van der Waals surface area contributed by atoms with Gasteiger partial charge in [-0.2, -0.15) is 0 Å². The smallest absolute Gasteiger partial charge is 0.0693 e. The van der Waals surface area contributed by atoms with E-state index in [-0.39, 0.29) is 12.1 Å². The summed E-state index contributed by atoms with van der Waals surface area (Å²) in [6, 6.07) is 10.8. The van der Waals surface area contributed by atoms with Crippen molar-refractivity contribution in [2.45, 2.75) is 57.0 Å². The van der Waals surface area contributed by atoms with E-state index in [9.17, 15) is 5.11 Å². The van der Waals surface area contributed by atoms with E-state index in [0.29, 0.717) is 12.6 Å². The Balaban J connectivity index is 1.91. The summed E-state index contributed by atoms with van der Waals surface area (Å²) in [7, 11) is 0. The van der Waals surface area contributed by atoms with Crippen LogP contribution >= 0.6 is 0 Å². The lowest BCUT2D eigenvalue weighted by Gasteiger charge is -2.34. The van der Waals surface area contributed by atoms with Gasteiger partial charge >= 0.3 is 0 Å². The second kappa shape index (κ2) is 8.52. The normalized spacial score (nSPS) is 17.6. The first kappa shape index (κ1) is 16.5. The zero-order valence-electron chi connectivity index (χ0n) is 13.2. The van der Waals surface area contributed by atoms with Crippen molar-refractivity contribution in [1.82, 2.24) is 5.32 Å². The highest BCUT2D eigenvalue weighted by molar-refractivity contribution is 5.25. The van der Waals surface area contributed by atoms with E-state index >= 15 is 0 Å². The third-order valence-corrected chi connectivity index (χ3v) is 4.22. The summed E-state index contributed by atoms with van der Waals surface area (Å²) in [5.41, 5.74) is 0.809. The van der Waals surface area contributed by atoms with Crippen molar-refractivity contribution >= 4 is 0 Å². The molecule has 0 bridgehead atoms. The number of ether oxygens (including phenoxy) is 1. The summed E-state index contributed by atoms with van der Waals surface area (Å²) >= 11 is 0. The van der Waals surface area contributed by atoms with E-state index in [1.54, 1.807) is 0 Å². The topological polar surface area (TPSA) is 41.5 Å². The van der Waals surface area contributed by atoms with Gasteiger partial charge in [0.15, 0.2) is 0 Å². The fourth-order valence-electron chi connectivity index (χ4n) is 2.69. The molecule has 0 saturated heterocycles. The Labute approximate surface area is 128 Å². The summed E-state index contributed by atoms with van der Waals surface area (Å²) in [6.45, 7) is 3.84. The molecule has 1 unspecified atom stereocenters. The van der Waals surface area contributed by atoms with E-state index < -0.39 is 0 Å². The maximum Gasteiger partial charge on any atom is 0.0693 e. The molecule has 1 saturated carbocycles. The summed E-state index contributed by atoms with van der Waals surface area (Å²) in [5, 5.41) is 13.7. The summed E-state index contributed by atoms with van der Waals surface area (Å²) in [5.74, 6) is 0. The maximum atomic E-state index is 10.0. The van der Waals surface area contributed by atoms with Gasteiger partial charge in [-0.15, -0.1) is 0 Å². The van der Waals surface area contributed by atoms with Gasteiger partial charge in [-0.1, -0.05) is 50.1 Å². The van der Waals surface area contributed by atoms with E-state index in [1.165, 1.54) is 25.7 Å². The van der Waals surface area contributed by atoms with Crippen molar-refractivity contribution in [3.05, 3.63) is 35.9 Å². The SMILES string of the molecule is CCCCCOCCC(CO)(NC1CC1)c1ccccc1. The Morgan fingerprint density at radius 3 is 2.57 bits per heavy atom. The largest absolute Gasteiger partial charge is 0.394 e. The standard InChI is InChI=1S/C18H29NO2/c1-2-3-7-13-21-14-12-18(15-20,19-17-10-11-17)16-8-5-4-6-9-16/h4-6,8-9,17,19-20H,2-3,7,10-15H2,1H3. The number of nitrogens with one attached hydrogen (secondary N) is 1. The molecule has 0 aromatic heterocycles. The van der Waals surface area contributed by atoms with Crippen LogP contribution in [0.3, 0.4) is 0 Å². The quantitative estimate of drug-likeness (QED) is 0.615. The van der Waals surface area contributed by atoms with E-state index in [4.69, 9.17) is 4.74 Å². The van der Waals surface area contributed by atoms with Crippen molar-refractivity contribution in [1.29, 1.82) is 0 Å². The lowest BCUT2D eigenvalue weighted by molar-refractivity contribution is 0.0759. The molecule has 1 aromatic carbocycles. The van der Waals surface area contributed by atoms with Gasteiger partial charge in [0.05, 0.1) is 12.1 Å². The fraction of sp³-hybridized carbons (Fsp3) is 0.667. The van der Waals surface area contributed by atoms with Crippen LogP contribution in [0.15, 0.2) is 30.3 Å². The second-order valence-electron chi connectivity index (χ2n) is 6.09. The van der Waals surface area contributed by atoms with Gasteiger partial charge in [-0.3, -0.25) is 0 Å². The molecule has 0 amide bonds. The first-order chi connectivity index (χ1) is 10.3. The Morgan fingerprint density at radius 1 is 1.19 bits per heavy atom. The lowest BCUT2D eigenvalue weighted by Crippen LogP contribution is -2.47. The highest BCUT2D eigenvalue weighted by Crippen LogP contribution is 2.31. The van der Waals surface area contributed by atoms with Crippen molar-refractivity contribution in [2.24, 2.45) is 0 Å². The molecular formula is C18H29NO2. The molecule has 118 valence electrons. The Kier molecular flexibility index (Phi) is 6.68. The fourth-order valence-corrected chi connectivity index (χ4v) is 2.69. The molecular weight excluding hydrogens is 262 g/mol. The van der Waals surface area contributed by atoms with E-state index in [2.05, 4.69) is 24.4 Å². The summed E-state index contributed by atoms with van der Waals surface area (Å²) in [6.07, 6.45) is 6.82. The first-order valence-corrected chi connectivity index (χ1v) is 8.32. The van der Waals surface area contributed by atoms with Crippen LogP contribution in [-0.4, -0.2) is 31.0 Å². The number of hydrogen-bond donors (Lipinski definition) is 2. The molecule has 21 heavy (non-hydrogen) atoms. The molecule has 1 fully saturated rings. The van der Waals surface area contributed by atoms with Crippen LogP contribution in [-0.2, 0) is 10.3 Å². The maximum absolute atomic E-state index is 10.0. The monoisotopic (exact) mass is 291 g/mol. The predicted molar refractivity (Wildman–Crippen MR) is 86.3 cm³/mol. The van der Waals surface area contributed by atoms with Crippen molar-refractivity contribution in [3.63, 3.8) is 0 Å². The Morgan fingerprint density at radius 2 is 1.95 bits per heavy atom. The highest BCUT2D eigenvalue weighted by atomic mass is 16.5. The second-order valence-corrected chi connectivity index (χ2v) is 6.09. The average molecular weight is 291 g/mol. The van der Waals surface area contributed by atoms with Crippen molar-refractivity contribution < 1.29 is 9.84 Å². The third kappa shape index (κ3) is 5.10. The van der Waals surface area contributed by atoms with Gasteiger partial charge in [0.2, 0.25) is 0 Å². The van der Waals surface area contributed by atoms with Gasteiger partial charge in [-0.25, -0.2) is 0 Å². The van der Waals surface area contributed by atoms with Crippen LogP contribution in [0.2, 0.25) is 0 Å². The minimum absolute atomic E-state index is 0.117. The predicted octanol–water partition coefficient (Wildman–Crippen LogP) is 3.22. The number of hydrogen-bond acceptors (Lipinski definition) is 3. The molecule has 0 heterocycles. The number of aliphatic hydroxyl groups excluding tert-OH is 1. The number of unbranched alkanes of at least 4 members (excludes halogenated alkanes) is 2. The van der Waals surface area contributed by atoms with Gasteiger partial charge < -0.3 is 15.2 Å². The zero-order valence-corrected chi connectivity index (χ0v) is 13.2. The molecule has 1 aliphatic carbocycles. The molecule has 1 aliphatic rings. The van der Waals surface area contributed by atoms with Crippen LogP contribution in [0.1, 0.15) is 51.0 Å². The van der Waals surface area contributed by atoms with Crippen LogP contribution in [0.5, 0.6) is 0 Å². The van der Waals surface area contributed by atoms with Crippen LogP contribution in [0, 0.1) is 0 Å². The highest BCUT2D eigenvalue weighted by Gasteiger charge is 2.36. The number of aliphatic hydroxyl groups is 1. The van der Waals surface area contributed by atoms with Crippen LogP contribution in [0.4, 0.5) is 0 Å². The Hall–Kier alpha value is -0.900. The van der Waals surface area contributed by atoms with E-state index in [1.807, 2.05) is 18.2 Å². The van der Waals surface area contributed by atoms with Gasteiger partial charge in [0, 0.05) is 19.3 Å². The van der Waals surface area contributed by atoms with Crippen molar-refractivity contribution in [2.75, 3.05) is 19.8 Å². The first-order valence-electron chi connectivity index (χ1n) is 8.32. The van der Waals surface area contributed by atoms with E-state index in [0.717, 1.165) is 25.0 Å². The molecule has 3 heteroatoms. The Bertz CT molecular complexity index is 391. The number of rotatable bonds is 11. The van der Waals surface area contributed by atoms with Crippen LogP contribution < -0.4 is 5.32 Å². The zero-order chi connectivity index (χ0) is 15.0. The minimum atomic E-state index is -0.354. The lowest BCUT2D eigenvalue weighted by atomic mass is 9.87. The molecule has 2 rings (SSSR count). The number of benzene rings is 1. The molecule has 3 nitrogen and oxygen atoms in total. The molecule has 0 aliphatic heterocycles. The molecule has 2 N–H and O–H groups in total. The van der Waals surface area contributed by atoms with Crippen molar-refractivity contribution in [3.8, 4) is 0 Å². The molecule has 1 aromatic rings. The van der Waals surface area contributed by atoms with Crippen LogP contribution in [0.25, 0.3) is 0 Å². The van der Waals surface area contributed by atoms with Gasteiger partial charge in [0.25, 0.3) is 0 Å². The average Bonchev–Trinajstić information content (AvgIpc) is 3.34. The summed E-state index contributed by atoms with van der Waals surface area (Å²) < 4.78 is 5.77. The minimum Gasteiger partial charge on any atom is -0.394 e. The van der Waals surface area contributed by atoms with Gasteiger partial charge in [-0.05, 0) is 31.2 Å². The molecule has 0 spiro atoms. The van der Waals surface area contributed by atoms with Gasteiger partial charge in [0.1, 0.15) is 0 Å². The molecule has 1 atom stereocenters. The summed E-state index contributed by atoms with van der Waals surface area (Å²) in [4.78, 5) is 0.